The topological polar surface area (TPSA) is 53.4 Å². The maximum absolute atomic E-state index is 12.4. The number of carbonyl (C=O) groups is 1. The summed E-state index contributed by atoms with van der Waals surface area (Å²) in [5, 5.41) is 9.98. The van der Waals surface area contributed by atoms with Crippen molar-refractivity contribution in [3.05, 3.63) is 28.5 Å². The van der Waals surface area contributed by atoms with Gasteiger partial charge in [0.05, 0.1) is 6.10 Å². The Morgan fingerprint density at radius 1 is 1.53 bits per heavy atom. The minimum atomic E-state index is -0.417. The molecule has 2 rings (SSSR count). The molecule has 5 heteroatoms. The Labute approximate surface area is 118 Å². The van der Waals surface area contributed by atoms with E-state index in [1.165, 1.54) is 0 Å². The fraction of sp³-hybridized carbons (Fsp3) is 0.571. The highest BCUT2D eigenvalue weighted by Gasteiger charge is 2.23. The van der Waals surface area contributed by atoms with Gasteiger partial charge < -0.3 is 10.0 Å². The summed E-state index contributed by atoms with van der Waals surface area (Å²) in [5.41, 5.74) is 1.37. The van der Waals surface area contributed by atoms with Crippen LogP contribution in [0.1, 0.15) is 48.7 Å². The summed E-state index contributed by atoms with van der Waals surface area (Å²) in [7, 11) is 0. The first-order valence-corrected chi connectivity index (χ1v) is 7.00. The number of halogens is 1. The van der Waals surface area contributed by atoms with Gasteiger partial charge in [0.1, 0.15) is 5.15 Å². The predicted molar refractivity (Wildman–Crippen MR) is 74.5 cm³/mol. The Balaban J connectivity index is 2.23. The van der Waals surface area contributed by atoms with E-state index in [0.29, 0.717) is 23.8 Å². The summed E-state index contributed by atoms with van der Waals surface area (Å²) in [4.78, 5) is 18.3. The lowest BCUT2D eigenvalue weighted by atomic mass is 10.0. The molecular formula is C14H19ClN2O2. The molecule has 0 aromatic carbocycles. The molecule has 1 atom stereocenters. The van der Waals surface area contributed by atoms with Crippen LogP contribution in [0.3, 0.4) is 0 Å². The molecule has 1 aromatic heterocycles. The average Bonchev–Trinajstić information content (AvgIpc) is 2.37. The standard InChI is InChI=1S/C14H19ClN2O2/c1-9(2)12-6-10(7-13(15)16-12)14(19)17-5-3-4-11(18)8-17/h6-7,9,11,18H,3-5,8H2,1-2H3/t11-/m0/s1. The number of carbonyl (C=O) groups excluding carboxylic acids is 1. The molecule has 1 saturated heterocycles. The largest absolute Gasteiger partial charge is 0.391 e. The van der Waals surface area contributed by atoms with Gasteiger partial charge >= 0.3 is 0 Å². The number of aliphatic hydroxyl groups is 1. The zero-order valence-corrected chi connectivity index (χ0v) is 12.0. The molecule has 0 aliphatic carbocycles. The molecular weight excluding hydrogens is 264 g/mol. The molecule has 0 bridgehead atoms. The Morgan fingerprint density at radius 2 is 2.26 bits per heavy atom. The van der Waals surface area contributed by atoms with Gasteiger partial charge in [-0.05, 0) is 30.9 Å². The van der Waals surface area contributed by atoms with Crippen molar-refractivity contribution < 1.29 is 9.90 Å². The second-order valence-electron chi connectivity index (χ2n) is 5.31. The number of β-amino-alcohol motifs (C(OH)–C–C–N with tert-alkyl or cyclic N) is 1. The Bertz CT molecular complexity index is 477. The highest BCUT2D eigenvalue weighted by atomic mass is 35.5. The van der Waals surface area contributed by atoms with E-state index in [1.807, 2.05) is 13.8 Å². The van der Waals surface area contributed by atoms with E-state index in [-0.39, 0.29) is 11.8 Å². The Morgan fingerprint density at radius 3 is 2.89 bits per heavy atom. The SMILES string of the molecule is CC(C)c1cc(C(=O)N2CCC[C@H](O)C2)cc(Cl)n1. The normalized spacial score (nSPS) is 19.8. The van der Waals surface area contributed by atoms with Gasteiger partial charge in [-0.3, -0.25) is 4.79 Å². The number of rotatable bonds is 2. The fourth-order valence-corrected chi connectivity index (χ4v) is 2.47. The van der Waals surface area contributed by atoms with Crippen molar-refractivity contribution in [1.82, 2.24) is 9.88 Å². The van der Waals surface area contributed by atoms with Crippen LogP contribution in [0.4, 0.5) is 0 Å². The van der Waals surface area contributed by atoms with Crippen molar-refractivity contribution in [2.75, 3.05) is 13.1 Å². The predicted octanol–water partition coefficient (Wildman–Crippen LogP) is 2.46. The van der Waals surface area contributed by atoms with E-state index in [0.717, 1.165) is 18.5 Å². The van der Waals surface area contributed by atoms with E-state index in [9.17, 15) is 9.90 Å². The number of hydrogen-bond donors (Lipinski definition) is 1. The number of amides is 1. The molecule has 1 N–H and O–H groups in total. The minimum Gasteiger partial charge on any atom is -0.391 e. The molecule has 0 radical (unpaired) electrons. The van der Waals surface area contributed by atoms with Crippen molar-refractivity contribution in [1.29, 1.82) is 0 Å². The summed E-state index contributed by atoms with van der Waals surface area (Å²) >= 11 is 5.97. The molecule has 0 saturated carbocycles. The van der Waals surface area contributed by atoms with Crippen LogP contribution in [0.5, 0.6) is 0 Å². The zero-order valence-electron chi connectivity index (χ0n) is 11.3. The second-order valence-corrected chi connectivity index (χ2v) is 5.69. The van der Waals surface area contributed by atoms with Crippen molar-refractivity contribution in [3.8, 4) is 0 Å². The van der Waals surface area contributed by atoms with Gasteiger partial charge in [-0.1, -0.05) is 25.4 Å². The van der Waals surface area contributed by atoms with Gasteiger partial charge in [0.2, 0.25) is 0 Å². The second kappa shape index (κ2) is 5.88. The highest BCUT2D eigenvalue weighted by Crippen LogP contribution is 2.20. The molecule has 1 aromatic rings. The fourth-order valence-electron chi connectivity index (χ4n) is 2.26. The quantitative estimate of drug-likeness (QED) is 0.848. The first-order chi connectivity index (χ1) is 8.97. The van der Waals surface area contributed by atoms with Gasteiger partial charge in [0.25, 0.3) is 5.91 Å². The van der Waals surface area contributed by atoms with E-state index in [2.05, 4.69) is 4.98 Å². The summed E-state index contributed by atoms with van der Waals surface area (Å²) in [6, 6.07) is 3.39. The summed E-state index contributed by atoms with van der Waals surface area (Å²) < 4.78 is 0. The average molecular weight is 283 g/mol. The van der Waals surface area contributed by atoms with Crippen molar-refractivity contribution in [2.24, 2.45) is 0 Å². The van der Waals surface area contributed by atoms with E-state index >= 15 is 0 Å². The molecule has 1 amide bonds. The highest BCUT2D eigenvalue weighted by molar-refractivity contribution is 6.29. The number of aliphatic hydroxyl groups excluding tert-OH is 1. The number of nitrogens with zero attached hydrogens (tertiary/aromatic N) is 2. The van der Waals surface area contributed by atoms with Gasteiger partial charge in [0.15, 0.2) is 0 Å². The number of hydrogen-bond acceptors (Lipinski definition) is 3. The molecule has 1 fully saturated rings. The van der Waals surface area contributed by atoms with Crippen LogP contribution in [0.25, 0.3) is 0 Å². The smallest absolute Gasteiger partial charge is 0.254 e. The van der Waals surface area contributed by atoms with E-state index in [1.54, 1.807) is 17.0 Å². The molecule has 0 spiro atoms. The van der Waals surface area contributed by atoms with Gasteiger partial charge in [0, 0.05) is 24.3 Å². The van der Waals surface area contributed by atoms with Gasteiger partial charge in [-0.2, -0.15) is 0 Å². The first kappa shape index (κ1) is 14.3. The lowest BCUT2D eigenvalue weighted by Gasteiger charge is -2.30. The molecule has 4 nitrogen and oxygen atoms in total. The number of likely N-dealkylation sites (tertiary alicyclic amines) is 1. The third-order valence-electron chi connectivity index (χ3n) is 3.34. The van der Waals surface area contributed by atoms with Crippen molar-refractivity contribution in [2.45, 2.75) is 38.7 Å². The summed E-state index contributed by atoms with van der Waals surface area (Å²) in [6.07, 6.45) is 1.18. The third kappa shape index (κ3) is 3.45. The van der Waals surface area contributed by atoms with Crippen molar-refractivity contribution >= 4 is 17.5 Å². The van der Waals surface area contributed by atoms with Crippen LogP contribution in [-0.2, 0) is 0 Å². The maximum Gasteiger partial charge on any atom is 0.254 e. The third-order valence-corrected chi connectivity index (χ3v) is 3.53. The lowest BCUT2D eigenvalue weighted by Crippen LogP contribution is -2.42. The molecule has 19 heavy (non-hydrogen) atoms. The van der Waals surface area contributed by atoms with Crippen LogP contribution in [0, 0.1) is 0 Å². The van der Waals surface area contributed by atoms with Crippen LogP contribution >= 0.6 is 11.6 Å². The first-order valence-electron chi connectivity index (χ1n) is 6.62. The number of pyridine rings is 1. The minimum absolute atomic E-state index is 0.0787. The Kier molecular flexibility index (Phi) is 4.42. The van der Waals surface area contributed by atoms with Gasteiger partial charge in [-0.25, -0.2) is 4.98 Å². The molecule has 0 unspecified atom stereocenters. The summed E-state index contributed by atoms with van der Waals surface area (Å²) in [6.45, 7) is 5.11. The van der Waals surface area contributed by atoms with Crippen LogP contribution in [-0.4, -0.2) is 40.1 Å². The van der Waals surface area contributed by atoms with Gasteiger partial charge in [-0.15, -0.1) is 0 Å². The van der Waals surface area contributed by atoms with E-state index < -0.39 is 6.10 Å². The van der Waals surface area contributed by atoms with Crippen LogP contribution in [0.15, 0.2) is 12.1 Å². The molecule has 1 aliphatic rings. The molecule has 104 valence electrons. The number of aromatic nitrogens is 1. The maximum atomic E-state index is 12.4. The molecule has 1 aliphatic heterocycles. The monoisotopic (exact) mass is 282 g/mol. The van der Waals surface area contributed by atoms with E-state index in [4.69, 9.17) is 11.6 Å². The van der Waals surface area contributed by atoms with Crippen LogP contribution < -0.4 is 0 Å². The molecule has 2 heterocycles. The lowest BCUT2D eigenvalue weighted by molar-refractivity contribution is 0.0473. The van der Waals surface area contributed by atoms with Crippen molar-refractivity contribution in [3.63, 3.8) is 0 Å². The van der Waals surface area contributed by atoms with Crippen LogP contribution in [0.2, 0.25) is 5.15 Å². The Hall–Kier alpha value is -1.13. The number of piperidine rings is 1. The zero-order chi connectivity index (χ0) is 14.0. The summed E-state index contributed by atoms with van der Waals surface area (Å²) in [5.74, 6) is 0.141.